The van der Waals surface area contributed by atoms with Crippen molar-refractivity contribution in [3.63, 3.8) is 0 Å². The van der Waals surface area contributed by atoms with Crippen LogP contribution in [0.15, 0.2) is 42.6 Å². The van der Waals surface area contributed by atoms with Gasteiger partial charge in [-0.05, 0) is 37.1 Å². The fraction of sp³-hybridized carbons (Fsp3) is 0.455. The van der Waals surface area contributed by atoms with E-state index in [2.05, 4.69) is 14.8 Å². The first kappa shape index (κ1) is 19.6. The van der Waals surface area contributed by atoms with Gasteiger partial charge in [-0.25, -0.2) is 9.37 Å². The fourth-order valence-electron chi connectivity index (χ4n) is 4.24. The van der Waals surface area contributed by atoms with Crippen molar-refractivity contribution in [1.82, 2.24) is 4.98 Å². The number of carbonyl (C=O) groups excluding carboxylic acids is 1. The number of aromatic nitrogens is 1. The zero-order valence-electron chi connectivity index (χ0n) is 16.8. The molecule has 2 saturated heterocycles. The van der Waals surface area contributed by atoms with Crippen molar-refractivity contribution in [1.29, 1.82) is 0 Å². The first-order valence-electron chi connectivity index (χ1n) is 10.2. The lowest BCUT2D eigenvalue weighted by Gasteiger charge is -2.40. The lowest BCUT2D eigenvalue weighted by Crippen LogP contribution is -2.50. The van der Waals surface area contributed by atoms with Gasteiger partial charge in [0.25, 0.3) is 0 Å². The van der Waals surface area contributed by atoms with Gasteiger partial charge in [-0.3, -0.25) is 9.69 Å². The van der Waals surface area contributed by atoms with Gasteiger partial charge in [0.2, 0.25) is 5.91 Å². The second kappa shape index (κ2) is 8.78. The third-order valence-electron chi connectivity index (χ3n) is 5.63. The van der Waals surface area contributed by atoms with Crippen LogP contribution in [-0.4, -0.2) is 56.3 Å². The van der Waals surface area contributed by atoms with E-state index in [1.807, 2.05) is 18.2 Å². The summed E-state index contributed by atoms with van der Waals surface area (Å²) in [6, 6.07) is 10.6. The molecule has 0 bridgehead atoms. The number of halogens is 1. The molecule has 1 atom stereocenters. The van der Waals surface area contributed by atoms with E-state index in [0.717, 1.165) is 43.9 Å². The van der Waals surface area contributed by atoms with Crippen molar-refractivity contribution in [2.75, 3.05) is 54.1 Å². The molecule has 6 nitrogen and oxygen atoms in total. The van der Waals surface area contributed by atoms with E-state index in [4.69, 9.17) is 4.74 Å². The minimum atomic E-state index is -0.243. The highest BCUT2D eigenvalue weighted by atomic mass is 19.1. The number of anilines is 3. The Morgan fingerprint density at radius 1 is 1.14 bits per heavy atom. The molecular formula is C22H27FN4O2. The summed E-state index contributed by atoms with van der Waals surface area (Å²) in [6.45, 7) is 6.18. The maximum absolute atomic E-state index is 13.7. The summed E-state index contributed by atoms with van der Waals surface area (Å²) in [4.78, 5) is 23.3. The van der Waals surface area contributed by atoms with E-state index >= 15 is 0 Å². The Hall–Kier alpha value is -2.67. The van der Waals surface area contributed by atoms with Crippen LogP contribution in [0, 0.1) is 5.82 Å². The highest BCUT2D eigenvalue weighted by molar-refractivity contribution is 5.91. The van der Waals surface area contributed by atoms with E-state index in [0.29, 0.717) is 25.6 Å². The Balaban J connectivity index is 1.56. The van der Waals surface area contributed by atoms with Gasteiger partial charge >= 0.3 is 0 Å². The number of piperidine rings is 1. The highest BCUT2D eigenvalue weighted by Crippen LogP contribution is 2.28. The van der Waals surface area contributed by atoms with E-state index in [1.165, 1.54) is 6.07 Å². The average molecular weight is 398 g/mol. The molecule has 0 N–H and O–H groups in total. The van der Waals surface area contributed by atoms with Crippen molar-refractivity contribution >= 4 is 23.1 Å². The first-order valence-corrected chi connectivity index (χ1v) is 10.2. The van der Waals surface area contributed by atoms with Crippen LogP contribution in [-0.2, 0) is 9.53 Å². The number of ether oxygens (including phenoxy) is 1. The maximum Gasteiger partial charge on any atom is 0.225 e. The lowest BCUT2D eigenvalue weighted by molar-refractivity contribution is -0.117. The van der Waals surface area contributed by atoms with Crippen LogP contribution in [0.25, 0.3) is 0 Å². The summed E-state index contributed by atoms with van der Waals surface area (Å²) in [5.41, 5.74) is 1.91. The number of benzene rings is 1. The third kappa shape index (κ3) is 4.50. The molecule has 1 amide bonds. The van der Waals surface area contributed by atoms with Gasteiger partial charge in [-0.2, -0.15) is 0 Å². The molecule has 154 valence electrons. The standard InChI is InChI=1S/C22H27FN4O2/c1-17(28)27(22-15-20(7-8-24-22)25-10-12-29-13-11-25)21-6-3-9-26(16-21)19-5-2-4-18(23)14-19/h2,4-5,7-8,14-15,21H,3,6,9-13,16H2,1H3/t21-/m1/s1. The summed E-state index contributed by atoms with van der Waals surface area (Å²) < 4.78 is 19.1. The zero-order chi connectivity index (χ0) is 20.2. The number of rotatable bonds is 4. The highest BCUT2D eigenvalue weighted by Gasteiger charge is 2.29. The first-order chi connectivity index (χ1) is 14.1. The number of morpholine rings is 1. The molecule has 0 unspecified atom stereocenters. The quantitative estimate of drug-likeness (QED) is 0.792. The second-order valence-electron chi connectivity index (χ2n) is 7.58. The number of hydrogen-bond acceptors (Lipinski definition) is 5. The van der Waals surface area contributed by atoms with Crippen molar-refractivity contribution in [3.8, 4) is 0 Å². The van der Waals surface area contributed by atoms with E-state index in [-0.39, 0.29) is 17.8 Å². The second-order valence-corrected chi connectivity index (χ2v) is 7.58. The molecule has 0 saturated carbocycles. The van der Waals surface area contributed by atoms with Crippen molar-refractivity contribution in [2.24, 2.45) is 0 Å². The number of nitrogens with zero attached hydrogens (tertiary/aromatic N) is 4. The molecule has 29 heavy (non-hydrogen) atoms. The van der Waals surface area contributed by atoms with Crippen molar-refractivity contribution < 1.29 is 13.9 Å². The summed E-state index contributed by atoms with van der Waals surface area (Å²) in [5.74, 6) is 0.406. The van der Waals surface area contributed by atoms with Gasteiger partial charge in [0.05, 0.1) is 19.3 Å². The maximum atomic E-state index is 13.7. The SMILES string of the molecule is CC(=O)N(c1cc(N2CCOCC2)ccn1)[C@@H]1CCCN(c2cccc(F)c2)C1. The molecule has 1 aromatic carbocycles. The molecule has 2 aliphatic rings. The van der Waals surface area contributed by atoms with Crippen LogP contribution in [0.2, 0.25) is 0 Å². The van der Waals surface area contributed by atoms with Gasteiger partial charge < -0.3 is 14.5 Å². The summed E-state index contributed by atoms with van der Waals surface area (Å²) in [7, 11) is 0. The minimum absolute atomic E-state index is 0.00282. The van der Waals surface area contributed by atoms with Gasteiger partial charge in [0.15, 0.2) is 0 Å². The van der Waals surface area contributed by atoms with Crippen LogP contribution >= 0.6 is 0 Å². The average Bonchev–Trinajstić information content (AvgIpc) is 2.75. The monoisotopic (exact) mass is 398 g/mol. The molecule has 7 heteroatoms. The number of pyridine rings is 1. The molecule has 2 aromatic rings. The minimum Gasteiger partial charge on any atom is -0.378 e. The Labute approximate surface area is 170 Å². The molecule has 1 aromatic heterocycles. The summed E-state index contributed by atoms with van der Waals surface area (Å²) >= 11 is 0. The molecule has 3 heterocycles. The summed E-state index contributed by atoms with van der Waals surface area (Å²) in [5, 5.41) is 0. The van der Waals surface area contributed by atoms with Crippen LogP contribution in [0.5, 0.6) is 0 Å². The Bertz CT molecular complexity index is 856. The Morgan fingerprint density at radius 3 is 2.69 bits per heavy atom. The number of hydrogen-bond donors (Lipinski definition) is 0. The van der Waals surface area contributed by atoms with Crippen molar-refractivity contribution in [2.45, 2.75) is 25.8 Å². The molecule has 2 fully saturated rings. The third-order valence-corrected chi connectivity index (χ3v) is 5.63. The van der Waals surface area contributed by atoms with Crippen LogP contribution in [0.3, 0.4) is 0 Å². The molecule has 0 spiro atoms. The summed E-state index contributed by atoms with van der Waals surface area (Å²) in [6.07, 6.45) is 3.60. The van der Waals surface area contributed by atoms with E-state index in [9.17, 15) is 9.18 Å². The molecule has 0 aliphatic carbocycles. The number of amides is 1. The fourth-order valence-corrected chi connectivity index (χ4v) is 4.24. The molecule has 0 radical (unpaired) electrons. The molecule has 4 rings (SSSR count). The Kier molecular flexibility index (Phi) is 5.94. The van der Waals surface area contributed by atoms with Crippen LogP contribution < -0.4 is 14.7 Å². The van der Waals surface area contributed by atoms with Crippen molar-refractivity contribution in [3.05, 3.63) is 48.4 Å². The lowest BCUT2D eigenvalue weighted by atomic mass is 10.0. The van der Waals surface area contributed by atoms with Crippen LogP contribution in [0.1, 0.15) is 19.8 Å². The normalized spacial score (nSPS) is 19.9. The van der Waals surface area contributed by atoms with Crippen LogP contribution in [0.4, 0.5) is 21.6 Å². The van der Waals surface area contributed by atoms with Gasteiger partial charge in [0, 0.05) is 56.7 Å². The zero-order valence-corrected chi connectivity index (χ0v) is 16.8. The molecular weight excluding hydrogens is 371 g/mol. The molecule has 2 aliphatic heterocycles. The van der Waals surface area contributed by atoms with Gasteiger partial charge in [-0.1, -0.05) is 6.07 Å². The topological polar surface area (TPSA) is 48.9 Å². The predicted octanol–water partition coefficient (Wildman–Crippen LogP) is 3.08. The Morgan fingerprint density at radius 2 is 1.93 bits per heavy atom. The van der Waals surface area contributed by atoms with Gasteiger partial charge in [-0.15, -0.1) is 0 Å². The predicted molar refractivity (Wildman–Crippen MR) is 112 cm³/mol. The van der Waals surface area contributed by atoms with E-state index in [1.54, 1.807) is 30.2 Å². The van der Waals surface area contributed by atoms with E-state index < -0.39 is 0 Å². The smallest absolute Gasteiger partial charge is 0.225 e. The largest absolute Gasteiger partial charge is 0.378 e. The van der Waals surface area contributed by atoms with Gasteiger partial charge in [0.1, 0.15) is 11.6 Å². The number of carbonyl (C=O) groups is 1.